The van der Waals surface area contributed by atoms with Gasteiger partial charge in [-0.3, -0.25) is 9.59 Å². The average molecular weight is 346 g/mol. The molecule has 1 saturated heterocycles. The highest BCUT2D eigenvalue weighted by molar-refractivity contribution is 5.96. The van der Waals surface area contributed by atoms with Crippen molar-refractivity contribution < 1.29 is 14.4 Å². The van der Waals surface area contributed by atoms with E-state index in [9.17, 15) is 14.4 Å². The SMILES string of the molecule is CCCC(=O)Nc1cccc(NC(=O)N2CCNC(=O)C2C(C)C)c1. The van der Waals surface area contributed by atoms with E-state index in [1.165, 1.54) is 0 Å². The molecule has 1 aromatic rings. The van der Waals surface area contributed by atoms with Crippen molar-refractivity contribution in [3.8, 4) is 0 Å². The van der Waals surface area contributed by atoms with E-state index >= 15 is 0 Å². The average Bonchev–Trinajstić information content (AvgIpc) is 2.54. The Balaban J connectivity index is 2.06. The number of anilines is 2. The molecule has 0 aromatic heterocycles. The number of hydrogen-bond donors (Lipinski definition) is 3. The van der Waals surface area contributed by atoms with Crippen molar-refractivity contribution in [3.05, 3.63) is 24.3 Å². The van der Waals surface area contributed by atoms with Crippen LogP contribution >= 0.6 is 0 Å². The standard InChI is InChI=1S/C18H26N4O3/c1-4-6-15(23)20-13-7-5-8-14(11-13)21-18(25)22-10-9-19-17(24)16(22)12(2)3/h5,7-8,11-12,16H,4,6,9-10H2,1-3H3,(H,19,24)(H,20,23)(H,21,25). The minimum atomic E-state index is -0.485. The molecule has 136 valence electrons. The number of hydrogen-bond acceptors (Lipinski definition) is 3. The van der Waals surface area contributed by atoms with Crippen LogP contribution in [0.4, 0.5) is 16.2 Å². The van der Waals surface area contributed by atoms with E-state index in [1.54, 1.807) is 29.2 Å². The second-order valence-corrected chi connectivity index (χ2v) is 6.48. The topological polar surface area (TPSA) is 90.5 Å². The first kappa shape index (κ1) is 18.8. The van der Waals surface area contributed by atoms with Crippen LogP contribution in [0.2, 0.25) is 0 Å². The Morgan fingerprint density at radius 3 is 2.60 bits per heavy atom. The number of nitrogens with one attached hydrogen (secondary N) is 3. The van der Waals surface area contributed by atoms with Crippen LogP contribution in [0.1, 0.15) is 33.6 Å². The van der Waals surface area contributed by atoms with Crippen LogP contribution in [0.3, 0.4) is 0 Å². The number of carbonyl (C=O) groups excluding carboxylic acids is 3. The molecule has 1 atom stereocenters. The van der Waals surface area contributed by atoms with E-state index in [4.69, 9.17) is 0 Å². The van der Waals surface area contributed by atoms with Gasteiger partial charge in [-0.05, 0) is 30.5 Å². The third-order valence-corrected chi connectivity index (χ3v) is 4.02. The Bertz CT molecular complexity index is 645. The minimum Gasteiger partial charge on any atom is -0.353 e. The molecule has 7 nitrogen and oxygen atoms in total. The normalized spacial score (nSPS) is 17.2. The van der Waals surface area contributed by atoms with Gasteiger partial charge in [-0.2, -0.15) is 0 Å². The Labute approximate surface area is 148 Å². The molecule has 4 amide bonds. The number of piperazine rings is 1. The summed E-state index contributed by atoms with van der Waals surface area (Å²) < 4.78 is 0. The molecule has 1 aliphatic heterocycles. The molecule has 3 N–H and O–H groups in total. The van der Waals surface area contributed by atoms with Crippen molar-refractivity contribution >= 4 is 29.2 Å². The van der Waals surface area contributed by atoms with Gasteiger partial charge in [0.15, 0.2) is 0 Å². The Morgan fingerprint density at radius 2 is 1.96 bits per heavy atom. The predicted molar refractivity (Wildman–Crippen MR) is 97.3 cm³/mol. The van der Waals surface area contributed by atoms with Gasteiger partial charge in [0.1, 0.15) is 6.04 Å². The molecule has 1 aliphatic rings. The summed E-state index contributed by atoms with van der Waals surface area (Å²) in [4.78, 5) is 37.9. The van der Waals surface area contributed by atoms with Crippen LogP contribution in [0, 0.1) is 5.92 Å². The van der Waals surface area contributed by atoms with Crippen molar-refractivity contribution in [1.82, 2.24) is 10.2 Å². The number of urea groups is 1. The maximum absolute atomic E-state index is 12.6. The van der Waals surface area contributed by atoms with Gasteiger partial charge in [-0.15, -0.1) is 0 Å². The number of rotatable bonds is 5. The first-order chi connectivity index (χ1) is 11.9. The van der Waals surface area contributed by atoms with Crippen LogP contribution in [-0.2, 0) is 9.59 Å². The lowest BCUT2D eigenvalue weighted by molar-refractivity contribution is -0.129. The molecule has 1 aromatic carbocycles. The van der Waals surface area contributed by atoms with Gasteiger partial charge in [0, 0.05) is 30.9 Å². The van der Waals surface area contributed by atoms with E-state index in [1.807, 2.05) is 20.8 Å². The zero-order valence-corrected chi connectivity index (χ0v) is 15.0. The summed E-state index contributed by atoms with van der Waals surface area (Å²) in [5.74, 6) is -0.166. The number of benzene rings is 1. The zero-order chi connectivity index (χ0) is 18.4. The Hall–Kier alpha value is -2.57. The lowest BCUT2D eigenvalue weighted by Gasteiger charge is -2.37. The number of amides is 4. The Morgan fingerprint density at radius 1 is 1.28 bits per heavy atom. The molecule has 0 radical (unpaired) electrons. The van der Waals surface area contributed by atoms with Crippen LogP contribution in [-0.4, -0.2) is 41.9 Å². The summed E-state index contributed by atoms with van der Waals surface area (Å²) in [6, 6.07) is 6.20. The lowest BCUT2D eigenvalue weighted by atomic mass is 10.00. The maximum atomic E-state index is 12.6. The van der Waals surface area contributed by atoms with Crippen molar-refractivity contribution in [2.45, 2.75) is 39.7 Å². The van der Waals surface area contributed by atoms with Gasteiger partial charge in [0.2, 0.25) is 11.8 Å². The smallest absolute Gasteiger partial charge is 0.322 e. The molecular formula is C18H26N4O3. The van der Waals surface area contributed by atoms with Crippen LogP contribution in [0.5, 0.6) is 0 Å². The Kier molecular flexibility index (Phi) is 6.38. The van der Waals surface area contributed by atoms with Gasteiger partial charge < -0.3 is 20.9 Å². The van der Waals surface area contributed by atoms with Gasteiger partial charge in [0.25, 0.3) is 0 Å². The van der Waals surface area contributed by atoms with E-state index in [-0.39, 0.29) is 23.8 Å². The molecule has 7 heteroatoms. The van der Waals surface area contributed by atoms with Crippen LogP contribution in [0.25, 0.3) is 0 Å². The minimum absolute atomic E-state index is 0.0192. The first-order valence-corrected chi connectivity index (χ1v) is 8.67. The summed E-state index contributed by atoms with van der Waals surface area (Å²) in [7, 11) is 0. The summed E-state index contributed by atoms with van der Waals surface area (Å²) >= 11 is 0. The van der Waals surface area contributed by atoms with Gasteiger partial charge in [0.05, 0.1) is 0 Å². The van der Waals surface area contributed by atoms with Crippen molar-refractivity contribution in [1.29, 1.82) is 0 Å². The summed E-state index contributed by atoms with van der Waals surface area (Å²) in [6.07, 6.45) is 1.23. The number of nitrogens with zero attached hydrogens (tertiary/aromatic N) is 1. The molecule has 0 aliphatic carbocycles. The van der Waals surface area contributed by atoms with Crippen molar-refractivity contribution in [2.75, 3.05) is 23.7 Å². The van der Waals surface area contributed by atoms with Gasteiger partial charge in [-0.25, -0.2) is 4.79 Å². The molecule has 1 fully saturated rings. The third-order valence-electron chi connectivity index (χ3n) is 4.02. The predicted octanol–water partition coefficient (Wildman–Crippen LogP) is 2.41. The second-order valence-electron chi connectivity index (χ2n) is 6.48. The van der Waals surface area contributed by atoms with Gasteiger partial charge in [-0.1, -0.05) is 26.8 Å². The van der Waals surface area contributed by atoms with E-state index < -0.39 is 6.04 Å². The molecule has 2 rings (SSSR count). The molecule has 25 heavy (non-hydrogen) atoms. The largest absolute Gasteiger partial charge is 0.353 e. The molecule has 0 spiro atoms. The van der Waals surface area contributed by atoms with E-state index in [0.29, 0.717) is 30.9 Å². The third kappa shape index (κ3) is 4.95. The van der Waals surface area contributed by atoms with Crippen LogP contribution in [0.15, 0.2) is 24.3 Å². The van der Waals surface area contributed by atoms with E-state index in [2.05, 4.69) is 16.0 Å². The highest BCUT2D eigenvalue weighted by atomic mass is 16.2. The van der Waals surface area contributed by atoms with Crippen molar-refractivity contribution in [2.24, 2.45) is 5.92 Å². The highest BCUT2D eigenvalue weighted by Crippen LogP contribution is 2.19. The van der Waals surface area contributed by atoms with Crippen LogP contribution < -0.4 is 16.0 Å². The fourth-order valence-corrected chi connectivity index (χ4v) is 2.90. The highest BCUT2D eigenvalue weighted by Gasteiger charge is 2.35. The quantitative estimate of drug-likeness (QED) is 0.765. The first-order valence-electron chi connectivity index (χ1n) is 8.67. The second kappa shape index (κ2) is 8.50. The van der Waals surface area contributed by atoms with Crippen molar-refractivity contribution in [3.63, 3.8) is 0 Å². The fraction of sp³-hybridized carbons (Fsp3) is 0.500. The molecular weight excluding hydrogens is 320 g/mol. The van der Waals surface area contributed by atoms with Gasteiger partial charge >= 0.3 is 6.03 Å². The summed E-state index contributed by atoms with van der Waals surface area (Å²) in [5.41, 5.74) is 1.21. The van der Waals surface area contributed by atoms with E-state index in [0.717, 1.165) is 6.42 Å². The maximum Gasteiger partial charge on any atom is 0.322 e. The molecule has 1 heterocycles. The monoisotopic (exact) mass is 346 g/mol. The molecule has 0 saturated carbocycles. The molecule has 1 unspecified atom stereocenters. The number of carbonyl (C=O) groups is 3. The lowest BCUT2D eigenvalue weighted by Crippen LogP contribution is -2.60. The summed E-state index contributed by atoms with van der Waals surface area (Å²) in [6.45, 7) is 6.69. The molecule has 0 bridgehead atoms. The zero-order valence-electron chi connectivity index (χ0n) is 15.0. The summed E-state index contributed by atoms with van der Waals surface area (Å²) in [5, 5.41) is 8.42. The fourth-order valence-electron chi connectivity index (χ4n) is 2.90.